The Bertz CT molecular complexity index is 1500. The molecule has 0 fully saturated rings. The van der Waals surface area contributed by atoms with E-state index in [1.165, 1.54) is 109 Å². The van der Waals surface area contributed by atoms with Gasteiger partial charge in [-0.25, -0.2) is 0 Å². The van der Waals surface area contributed by atoms with Crippen molar-refractivity contribution in [2.24, 2.45) is 0 Å². The van der Waals surface area contributed by atoms with E-state index in [9.17, 15) is 14.7 Å². The first-order valence-corrected chi connectivity index (χ1v) is 29.7. The smallest absolute Gasteiger partial charge is 0.306 e. The second-order valence-corrected chi connectivity index (χ2v) is 19.3. The van der Waals surface area contributed by atoms with Crippen LogP contribution in [0.2, 0.25) is 0 Å². The Morgan fingerprint density at radius 1 is 0.319 bits per heavy atom. The second kappa shape index (κ2) is 61.3. The first-order chi connectivity index (χ1) is 35.6. The number of aliphatic hydroxyl groups is 1. The number of allylic oxidation sites excluding steroid dienone is 22. The quantitative estimate of drug-likeness (QED) is 0.0373. The van der Waals surface area contributed by atoms with Gasteiger partial charge < -0.3 is 14.6 Å². The summed E-state index contributed by atoms with van der Waals surface area (Å²) in [7, 11) is 0. The monoisotopic (exact) mass is 995 g/mol. The Morgan fingerprint density at radius 3 is 0.833 bits per heavy atom. The van der Waals surface area contributed by atoms with Crippen LogP contribution in [0.25, 0.3) is 0 Å². The van der Waals surface area contributed by atoms with Crippen molar-refractivity contribution < 1.29 is 24.2 Å². The number of unbranched alkanes of at least 4 members (excludes halogenated alkanes) is 23. The molecule has 5 heteroatoms. The second-order valence-electron chi connectivity index (χ2n) is 19.3. The van der Waals surface area contributed by atoms with E-state index in [1.54, 1.807) is 0 Å². The van der Waals surface area contributed by atoms with Gasteiger partial charge in [-0.05, 0) is 109 Å². The molecule has 0 radical (unpaired) electrons. The number of carbonyl (C=O) groups excluding carboxylic acids is 2. The highest BCUT2D eigenvalue weighted by Gasteiger charge is 2.16. The topological polar surface area (TPSA) is 72.8 Å². The first-order valence-electron chi connectivity index (χ1n) is 29.7. The molecule has 0 rings (SSSR count). The molecule has 1 unspecified atom stereocenters. The Morgan fingerprint density at radius 2 is 0.556 bits per heavy atom. The predicted octanol–water partition coefficient (Wildman–Crippen LogP) is 20.4. The van der Waals surface area contributed by atoms with Gasteiger partial charge in [0.1, 0.15) is 6.61 Å². The molecule has 0 aliphatic rings. The van der Waals surface area contributed by atoms with E-state index in [0.717, 1.165) is 122 Å². The third-order valence-electron chi connectivity index (χ3n) is 12.4. The van der Waals surface area contributed by atoms with Crippen molar-refractivity contribution in [1.82, 2.24) is 0 Å². The molecule has 0 aromatic rings. The minimum absolute atomic E-state index is 0.0820. The maximum atomic E-state index is 12.3. The normalized spacial score (nSPS) is 13.2. The van der Waals surface area contributed by atoms with Crippen LogP contribution in [0.4, 0.5) is 0 Å². The van der Waals surface area contributed by atoms with Gasteiger partial charge in [-0.15, -0.1) is 0 Å². The van der Waals surface area contributed by atoms with Gasteiger partial charge in [0, 0.05) is 12.8 Å². The Labute approximate surface area is 445 Å². The molecule has 0 aliphatic carbocycles. The molecule has 0 aromatic carbocycles. The molecular formula is C67H110O5. The highest BCUT2D eigenvalue weighted by Crippen LogP contribution is 2.16. The molecule has 0 bridgehead atoms. The zero-order valence-corrected chi connectivity index (χ0v) is 46.6. The number of hydrogen-bond acceptors (Lipinski definition) is 5. The van der Waals surface area contributed by atoms with Crippen LogP contribution in [0.15, 0.2) is 134 Å². The van der Waals surface area contributed by atoms with E-state index in [1.807, 2.05) is 0 Å². The summed E-state index contributed by atoms with van der Waals surface area (Å²) >= 11 is 0. The molecule has 0 amide bonds. The van der Waals surface area contributed by atoms with Crippen molar-refractivity contribution in [3.8, 4) is 0 Å². The fourth-order valence-corrected chi connectivity index (χ4v) is 8.06. The Kier molecular flexibility index (Phi) is 58.0. The lowest BCUT2D eigenvalue weighted by Crippen LogP contribution is -2.28. The van der Waals surface area contributed by atoms with Gasteiger partial charge in [0.25, 0.3) is 0 Å². The van der Waals surface area contributed by atoms with Crippen LogP contribution in [0.3, 0.4) is 0 Å². The third-order valence-corrected chi connectivity index (χ3v) is 12.4. The van der Waals surface area contributed by atoms with Crippen LogP contribution in [0, 0.1) is 0 Å². The lowest BCUT2D eigenvalue weighted by Gasteiger charge is -2.15. The summed E-state index contributed by atoms with van der Waals surface area (Å²) < 4.78 is 10.7. The summed E-state index contributed by atoms with van der Waals surface area (Å²) in [6.45, 7) is 3.90. The summed E-state index contributed by atoms with van der Waals surface area (Å²) in [6, 6.07) is 0. The standard InChI is InChI=1S/C67H110O5/c1-3-5-7-9-11-13-15-17-19-21-23-25-27-28-29-30-31-32-33-34-35-36-37-38-40-41-43-45-47-49-51-53-55-57-59-61-66(69)71-64-65(63-68)72-67(70)62-60-58-56-54-52-50-48-46-44-42-39-26-24-22-20-18-16-14-12-10-8-6-4-2/h5-8,11-14,17-20,23-26,28-29,42,44,48,50,65,68H,3-4,9-10,15-16,21-22,27,30-41,43,45-47,49,51-64H2,1-2H3/b7-5-,8-6-,13-11-,14-12-,19-17-,20-18-,25-23-,26-24-,29-28-,44-42-,50-48-. The van der Waals surface area contributed by atoms with Crippen LogP contribution in [-0.4, -0.2) is 36.4 Å². The van der Waals surface area contributed by atoms with Crippen LogP contribution in [0.1, 0.15) is 258 Å². The zero-order chi connectivity index (χ0) is 52.0. The van der Waals surface area contributed by atoms with E-state index >= 15 is 0 Å². The maximum absolute atomic E-state index is 12.3. The molecule has 5 nitrogen and oxygen atoms in total. The zero-order valence-electron chi connectivity index (χ0n) is 46.6. The third kappa shape index (κ3) is 58.6. The van der Waals surface area contributed by atoms with E-state index in [0.29, 0.717) is 12.8 Å². The predicted molar refractivity (Wildman–Crippen MR) is 315 cm³/mol. The molecule has 0 aromatic heterocycles. The Balaban J connectivity index is 3.52. The van der Waals surface area contributed by atoms with Crippen LogP contribution in [-0.2, 0) is 19.1 Å². The molecule has 72 heavy (non-hydrogen) atoms. The number of hydrogen-bond donors (Lipinski definition) is 1. The van der Waals surface area contributed by atoms with E-state index in [-0.39, 0.29) is 25.2 Å². The van der Waals surface area contributed by atoms with Crippen LogP contribution < -0.4 is 0 Å². The van der Waals surface area contributed by atoms with Gasteiger partial charge >= 0.3 is 11.9 Å². The molecule has 1 atom stereocenters. The molecule has 0 heterocycles. The fraction of sp³-hybridized carbons (Fsp3) is 0.642. The molecule has 0 saturated carbocycles. The van der Waals surface area contributed by atoms with E-state index in [4.69, 9.17) is 9.47 Å². The summed E-state index contributed by atoms with van der Waals surface area (Å²) in [5, 5.41) is 9.66. The average molecular weight is 996 g/mol. The fourth-order valence-electron chi connectivity index (χ4n) is 8.06. The molecule has 1 N–H and O–H groups in total. The maximum Gasteiger partial charge on any atom is 0.306 e. The van der Waals surface area contributed by atoms with E-state index < -0.39 is 6.10 Å². The number of carbonyl (C=O) groups is 2. The van der Waals surface area contributed by atoms with E-state index in [2.05, 4.69) is 148 Å². The van der Waals surface area contributed by atoms with Crippen LogP contribution >= 0.6 is 0 Å². The van der Waals surface area contributed by atoms with Gasteiger partial charge in [0.05, 0.1) is 6.61 Å². The highest BCUT2D eigenvalue weighted by molar-refractivity contribution is 5.70. The van der Waals surface area contributed by atoms with Crippen LogP contribution in [0.5, 0.6) is 0 Å². The van der Waals surface area contributed by atoms with Gasteiger partial charge in [0.15, 0.2) is 6.10 Å². The number of esters is 2. The minimum Gasteiger partial charge on any atom is -0.462 e. The largest absolute Gasteiger partial charge is 0.462 e. The molecular weight excluding hydrogens is 885 g/mol. The van der Waals surface area contributed by atoms with Gasteiger partial charge in [-0.1, -0.05) is 270 Å². The lowest BCUT2D eigenvalue weighted by atomic mass is 10.0. The minimum atomic E-state index is -0.794. The number of aliphatic hydroxyl groups excluding tert-OH is 1. The lowest BCUT2D eigenvalue weighted by molar-refractivity contribution is -0.161. The molecule has 408 valence electrons. The van der Waals surface area contributed by atoms with Crippen molar-refractivity contribution in [2.75, 3.05) is 13.2 Å². The van der Waals surface area contributed by atoms with Crippen molar-refractivity contribution in [2.45, 2.75) is 264 Å². The Hall–Kier alpha value is -3.96. The summed E-state index contributed by atoms with van der Waals surface area (Å²) in [5.41, 5.74) is 0. The molecule has 0 aliphatic heterocycles. The van der Waals surface area contributed by atoms with Gasteiger partial charge in [-0.2, -0.15) is 0 Å². The van der Waals surface area contributed by atoms with Gasteiger partial charge in [0.2, 0.25) is 0 Å². The molecule has 0 spiro atoms. The van der Waals surface area contributed by atoms with Crippen molar-refractivity contribution in [3.05, 3.63) is 134 Å². The summed E-state index contributed by atoms with van der Waals surface area (Å²) in [4.78, 5) is 24.5. The summed E-state index contributed by atoms with van der Waals surface area (Å²) in [5.74, 6) is -0.621. The molecule has 0 saturated heterocycles. The number of ether oxygens (including phenoxy) is 2. The van der Waals surface area contributed by atoms with Crippen molar-refractivity contribution in [3.63, 3.8) is 0 Å². The highest BCUT2D eigenvalue weighted by atomic mass is 16.6. The first kappa shape index (κ1) is 68.0. The van der Waals surface area contributed by atoms with Gasteiger partial charge in [-0.3, -0.25) is 9.59 Å². The average Bonchev–Trinajstić information content (AvgIpc) is 3.38. The summed E-state index contributed by atoms with van der Waals surface area (Å²) in [6.07, 6.45) is 91.5. The number of rotatable bonds is 53. The van der Waals surface area contributed by atoms with Crippen molar-refractivity contribution >= 4 is 11.9 Å². The van der Waals surface area contributed by atoms with Crippen molar-refractivity contribution in [1.29, 1.82) is 0 Å². The SMILES string of the molecule is CC/C=C\C/C=C\C/C=C\C/C=C\C/C=C\C/C=C\CCCCCCC(=O)OC(CO)COC(=O)CCCCCCCCCCCCCCCCCCCCC/C=C\C/C=C\C/C=C\C/C=C\C/C=C\CC.